The van der Waals surface area contributed by atoms with Crippen LogP contribution < -0.4 is 0 Å². The van der Waals surface area contributed by atoms with Crippen LogP contribution in [-0.2, 0) is 4.74 Å². The molecule has 0 saturated heterocycles. The number of amides is 1. The molecule has 0 N–H and O–H groups in total. The second-order valence-corrected chi connectivity index (χ2v) is 5.77. The fraction of sp³-hybridized carbons (Fsp3) is 0.467. The lowest BCUT2D eigenvalue weighted by atomic mass is 10.0. The number of halogens is 1. The number of hydrogen-bond acceptors (Lipinski definition) is 3. The van der Waals surface area contributed by atoms with E-state index in [4.69, 9.17) is 4.74 Å². The zero-order valence-corrected chi connectivity index (χ0v) is 12.0. The van der Waals surface area contributed by atoms with Gasteiger partial charge in [-0.05, 0) is 44.9 Å². The summed E-state index contributed by atoms with van der Waals surface area (Å²) in [6.07, 6.45) is 3.53. The third-order valence-electron chi connectivity index (χ3n) is 2.92. The Morgan fingerprint density at radius 1 is 1.40 bits per heavy atom. The van der Waals surface area contributed by atoms with Gasteiger partial charge in [0.1, 0.15) is 11.4 Å². The molecule has 0 atom stereocenters. The summed E-state index contributed by atoms with van der Waals surface area (Å²) in [5.74, 6) is -0.347. The summed E-state index contributed by atoms with van der Waals surface area (Å²) in [5, 5.41) is 0. The van der Waals surface area contributed by atoms with Crippen molar-refractivity contribution in [1.29, 1.82) is 0 Å². The summed E-state index contributed by atoms with van der Waals surface area (Å²) in [6, 6.07) is 3.05. The van der Waals surface area contributed by atoms with Crippen LogP contribution in [0.2, 0.25) is 0 Å². The number of carbonyl (C=O) groups is 1. The number of aromatic nitrogens is 1. The third-order valence-corrected chi connectivity index (χ3v) is 2.92. The normalized spacial score (nSPS) is 15.8. The van der Waals surface area contributed by atoms with E-state index in [1.807, 2.05) is 26.8 Å². The van der Waals surface area contributed by atoms with E-state index in [0.29, 0.717) is 19.5 Å². The summed E-state index contributed by atoms with van der Waals surface area (Å²) in [5.41, 5.74) is 1.31. The van der Waals surface area contributed by atoms with Crippen LogP contribution in [0.5, 0.6) is 0 Å². The first-order valence-electron chi connectivity index (χ1n) is 6.64. The molecule has 0 fully saturated rings. The van der Waals surface area contributed by atoms with Gasteiger partial charge in [-0.2, -0.15) is 0 Å². The van der Waals surface area contributed by atoms with Crippen LogP contribution in [0.1, 0.15) is 32.9 Å². The van der Waals surface area contributed by atoms with Crippen LogP contribution >= 0.6 is 0 Å². The third kappa shape index (κ3) is 3.79. The van der Waals surface area contributed by atoms with Crippen LogP contribution in [-0.4, -0.2) is 34.7 Å². The van der Waals surface area contributed by atoms with E-state index in [1.54, 1.807) is 11.0 Å². The predicted octanol–water partition coefficient (Wildman–Crippen LogP) is 3.24. The Morgan fingerprint density at radius 2 is 2.15 bits per heavy atom. The van der Waals surface area contributed by atoms with Crippen molar-refractivity contribution in [2.45, 2.75) is 32.8 Å². The molecule has 0 spiro atoms. The highest BCUT2D eigenvalue weighted by molar-refractivity contribution is 5.71. The van der Waals surface area contributed by atoms with Crippen molar-refractivity contribution in [3.63, 3.8) is 0 Å². The lowest BCUT2D eigenvalue weighted by Crippen LogP contribution is -2.39. The molecule has 1 aliphatic heterocycles. The van der Waals surface area contributed by atoms with Crippen LogP contribution in [0.25, 0.3) is 5.57 Å². The van der Waals surface area contributed by atoms with Crippen LogP contribution in [0.3, 0.4) is 0 Å². The average Bonchev–Trinajstić information content (AvgIpc) is 2.38. The minimum absolute atomic E-state index is 0.306. The molecule has 20 heavy (non-hydrogen) atoms. The van der Waals surface area contributed by atoms with Crippen LogP contribution in [0.4, 0.5) is 9.18 Å². The Morgan fingerprint density at radius 3 is 2.65 bits per heavy atom. The number of nitrogens with zero attached hydrogens (tertiary/aromatic N) is 2. The predicted molar refractivity (Wildman–Crippen MR) is 74.6 cm³/mol. The summed E-state index contributed by atoms with van der Waals surface area (Å²) in [6.45, 7) is 6.61. The van der Waals surface area contributed by atoms with Gasteiger partial charge in [0.25, 0.3) is 0 Å². The maximum absolute atomic E-state index is 12.8. The van der Waals surface area contributed by atoms with E-state index in [-0.39, 0.29) is 11.9 Å². The molecule has 0 radical (unpaired) electrons. The summed E-state index contributed by atoms with van der Waals surface area (Å²) in [4.78, 5) is 17.6. The van der Waals surface area contributed by atoms with E-state index < -0.39 is 5.60 Å². The Bertz CT molecular complexity index is 518. The molecule has 5 heteroatoms. The Labute approximate surface area is 118 Å². The molecule has 4 nitrogen and oxygen atoms in total. The van der Waals surface area contributed by atoms with E-state index >= 15 is 0 Å². The molecule has 1 aliphatic rings. The van der Waals surface area contributed by atoms with Gasteiger partial charge in [-0.1, -0.05) is 6.08 Å². The quantitative estimate of drug-likeness (QED) is 0.792. The fourth-order valence-electron chi connectivity index (χ4n) is 1.96. The maximum Gasteiger partial charge on any atom is 0.410 e. The lowest BCUT2D eigenvalue weighted by Gasteiger charge is -2.29. The standard InChI is InChI=1S/C15H19FN2O2/c1-15(2,3)20-14(19)18-8-6-11(7-9-18)13-5-4-12(16)10-17-13/h4-6,10H,7-9H2,1-3H3. The first-order valence-corrected chi connectivity index (χ1v) is 6.64. The van der Waals surface area contributed by atoms with Gasteiger partial charge in [-0.25, -0.2) is 9.18 Å². The Kier molecular flexibility index (Phi) is 4.06. The molecule has 0 aromatic carbocycles. The summed E-state index contributed by atoms with van der Waals surface area (Å²) >= 11 is 0. The number of hydrogen-bond donors (Lipinski definition) is 0. The number of pyridine rings is 1. The SMILES string of the molecule is CC(C)(C)OC(=O)N1CC=C(c2ccc(F)cn2)CC1. The molecular weight excluding hydrogens is 259 g/mol. The molecule has 108 valence electrons. The second kappa shape index (κ2) is 5.61. The number of ether oxygens (including phenoxy) is 1. The topological polar surface area (TPSA) is 42.4 Å². The molecule has 1 amide bonds. The second-order valence-electron chi connectivity index (χ2n) is 5.77. The molecule has 1 aromatic heterocycles. The minimum atomic E-state index is -0.487. The zero-order chi connectivity index (χ0) is 14.8. The molecule has 1 aromatic rings. The molecular formula is C15H19FN2O2. The first kappa shape index (κ1) is 14.5. The highest BCUT2D eigenvalue weighted by Crippen LogP contribution is 2.22. The van der Waals surface area contributed by atoms with Gasteiger partial charge in [-0.15, -0.1) is 0 Å². The van der Waals surface area contributed by atoms with Crippen molar-refractivity contribution in [2.24, 2.45) is 0 Å². The van der Waals surface area contributed by atoms with Crippen LogP contribution in [0.15, 0.2) is 24.4 Å². The van der Waals surface area contributed by atoms with Gasteiger partial charge in [0.2, 0.25) is 0 Å². The highest BCUT2D eigenvalue weighted by Gasteiger charge is 2.23. The maximum atomic E-state index is 12.8. The van der Waals surface area contributed by atoms with Gasteiger partial charge in [-0.3, -0.25) is 4.98 Å². The van der Waals surface area contributed by atoms with Crippen molar-refractivity contribution < 1.29 is 13.9 Å². The molecule has 2 rings (SSSR count). The first-order chi connectivity index (χ1) is 9.35. The van der Waals surface area contributed by atoms with E-state index in [1.165, 1.54) is 12.3 Å². The zero-order valence-electron chi connectivity index (χ0n) is 12.0. The van der Waals surface area contributed by atoms with Crippen molar-refractivity contribution in [3.8, 4) is 0 Å². The fourth-order valence-corrected chi connectivity index (χ4v) is 1.96. The van der Waals surface area contributed by atoms with Gasteiger partial charge >= 0.3 is 6.09 Å². The van der Waals surface area contributed by atoms with Crippen LogP contribution in [0, 0.1) is 5.82 Å². The van der Waals surface area contributed by atoms with E-state index in [2.05, 4.69) is 4.98 Å². The average molecular weight is 278 g/mol. The lowest BCUT2D eigenvalue weighted by molar-refractivity contribution is 0.0270. The van der Waals surface area contributed by atoms with Crippen molar-refractivity contribution in [1.82, 2.24) is 9.88 Å². The van der Waals surface area contributed by atoms with Gasteiger partial charge < -0.3 is 9.64 Å². The Hall–Kier alpha value is -1.91. The molecule has 0 bridgehead atoms. The molecule has 2 heterocycles. The molecule has 0 aliphatic carbocycles. The van der Waals surface area contributed by atoms with Crippen molar-refractivity contribution in [3.05, 3.63) is 35.9 Å². The summed E-state index contributed by atoms with van der Waals surface area (Å²) in [7, 11) is 0. The summed E-state index contributed by atoms with van der Waals surface area (Å²) < 4.78 is 18.2. The highest BCUT2D eigenvalue weighted by atomic mass is 19.1. The minimum Gasteiger partial charge on any atom is -0.444 e. The monoisotopic (exact) mass is 278 g/mol. The van der Waals surface area contributed by atoms with Gasteiger partial charge in [0.05, 0.1) is 11.9 Å². The largest absolute Gasteiger partial charge is 0.444 e. The van der Waals surface area contributed by atoms with Crippen molar-refractivity contribution >= 4 is 11.7 Å². The van der Waals surface area contributed by atoms with Crippen molar-refractivity contribution in [2.75, 3.05) is 13.1 Å². The van der Waals surface area contributed by atoms with E-state index in [9.17, 15) is 9.18 Å². The number of rotatable bonds is 1. The van der Waals surface area contributed by atoms with Gasteiger partial charge in [0.15, 0.2) is 0 Å². The van der Waals surface area contributed by atoms with E-state index in [0.717, 1.165) is 11.3 Å². The number of carbonyl (C=O) groups excluding carboxylic acids is 1. The smallest absolute Gasteiger partial charge is 0.410 e. The Balaban J connectivity index is 2.00. The molecule has 0 saturated carbocycles. The molecule has 0 unspecified atom stereocenters. The van der Waals surface area contributed by atoms with Gasteiger partial charge in [0, 0.05) is 13.1 Å².